The molecule has 1 aromatic carbocycles. The number of nitrogens with one attached hydrogen (secondary N) is 1. The van der Waals surface area contributed by atoms with Gasteiger partial charge in [-0.15, -0.1) is 0 Å². The summed E-state index contributed by atoms with van der Waals surface area (Å²) in [6, 6.07) is 11.6. The average molecular weight is 274 g/mol. The molecule has 0 saturated heterocycles. The number of benzene rings is 1. The number of aliphatic imine (C=N–C) groups is 1. The summed E-state index contributed by atoms with van der Waals surface area (Å²) < 4.78 is 0. The molecule has 1 aliphatic carbocycles. The van der Waals surface area contributed by atoms with Crippen LogP contribution >= 0.6 is 11.8 Å². The third-order valence-electron chi connectivity index (χ3n) is 4.13. The molecule has 1 heterocycles. The Balaban J connectivity index is 1.62. The number of hydrogen-bond acceptors (Lipinski definition) is 3. The minimum Gasteiger partial charge on any atom is -0.362 e. The van der Waals surface area contributed by atoms with Gasteiger partial charge in [-0.05, 0) is 30.2 Å². The summed E-state index contributed by atoms with van der Waals surface area (Å²) in [6.45, 7) is 4.73. The van der Waals surface area contributed by atoms with Crippen LogP contribution in [0.15, 0.2) is 35.3 Å². The molecule has 19 heavy (non-hydrogen) atoms. The molecule has 0 radical (unpaired) electrons. The summed E-state index contributed by atoms with van der Waals surface area (Å²) in [4.78, 5) is 4.84. The van der Waals surface area contributed by atoms with Crippen molar-refractivity contribution >= 4 is 16.9 Å². The van der Waals surface area contributed by atoms with Gasteiger partial charge in [-0.3, -0.25) is 4.99 Å². The second-order valence-corrected chi connectivity index (χ2v) is 7.43. The summed E-state index contributed by atoms with van der Waals surface area (Å²) in [5.41, 5.74) is 1.83. The molecule has 102 valence electrons. The summed E-state index contributed by atoms with van der Waals surface area (Å²) in [5.74, 6) is 1.07. The Bertz CT molecular complexity index is 467. The van der Waals surface area contributed by atoms with Gasteiger partial charge < -0.3 is 5.32 Å². The molecule has 3 rings (SSSR count). The van der Waals surface area contributed by atoms with Crippen molar-refractivity contribution < 1.29 is 0 Å². The number of amidine groups is 1. The lowest BCUT2D eigenvalue weighted by molar-refractivity contribution is 0.372. The zero-order valence-electron chi connectivity index (χ0n) is 11.7. The van der Waals surface area contributed by atoms with Crippen LogP contribution in [0.3, 0.4) is 0 Å². The molecule has 0 bridgehead atoms. The first-order valence-corrected chi connectivity index (χ1v) is 8.13. The van der Waals surface area contributed by atoms with Crippen LogP contribution in [0.1, 0.15) is 44.7 Å². The Hall–Kier alpha value is -0.960. The molecule has 2 nitrogen and oxygen atoms in total. The predicted molar refractivity (Wildman–Crippen MR) is 83.6 cm³/mol. The molecule has 0 amide bonds. The van der Waals surface area contributed by atoms with Gasteiger partial charge in [0, 0.05) is 11.8 Å². The Morgan fingerprint density at radius 2 is 2.05 bits per heavy atom. The fourth-order valence-corrected chi connectivity index (χ4v) is 4.07. The van der Waals surface area contributed by atoms with E-state index in [0.29, 0.717) is 17.5 Å². The van der Waals surface area contributed by atoms with Crippen molar-refractivity contribution in [3.63, 3.8) is 0 Å². The highest BCUT2D eigenvalue weighted by Gasteiger charge is 2.32. The van der Waals surface area contributed by atoms with E-state index in [1.165, 1.54) is 24.8 Å². The van der Waals surface area contributed by atoms with Gasteiger partial charge in [-0.25, -0.2) is 0 Å². The van der Waals surface area contributed by atoms with Crippen molar-refractivity contribution in [2.75, 3.05) is 5.75 Å². The van der Waals surface area contributed by atoms with Crippen molar-refractivity contribution in [2.45, 2.75) is 45.2 Å². The number of nitrogens with zero attached hydrogens (tertiary/aromatic N) is 1. The maximum absolute atomic E-state index is 4.84. The second kappa shape index (κ2) is 5.20. The van der Waals surface area contributed by atoms with Gasteiger partial charge in [0.2, 0.25) is 0 Å². The zero-order chi connectivity index (χ0) is 13.3. The van der Waals surface area contributed by atoms with Gasteiger partial charge in [-0.1, -0.05) is 55.9 Å². The third-order valence-corrected chi connectivity index (χ3v) is 5.11. The fraction of sp³-hybridized carbons (Fsp3) is 0.562. The molecule has 3 heteroatoms. The molecule has 0 aromatic heterocycles. The minimum atomic E-state index is 0.336. The van der Waals surface area contributed by atoms with Crippen molar-refractivity contribution in [3.05, 3.63) is 35.9 Å². The maximum atomic E-state index is 4.84. The number of rotatable bonds is 2. The number of thioether (sulfide) groups is 1. The van der Waals surface area contributed by atoms with Crippen LogP contribution in [-0.2, 0) is 0 Å². The van der Waals surface area contributed by atoms with Gasteiger partial charge >= 0.3 is 0 Å². The molecule has 2 unspecified atom stereocenters. The van der Waals surface area contributed by atoms with Crippen molar-refractivity contribution in [1.29, 1.82) is 0 Å². The van der Waals surface area contributed by atoms with Gasteiger partial charge in [0.1, 0.15) is 0 Å². The molecule has 1 aliphatic heterocycles. The van der Waals surface area contributed by atoms with Gasteiger partial charge in [0.05, 0.1) is 6.04 Å². The summed E-state index contributed by atoms with van der Waals surface area (Å²) in [7, 11) is 0. The molecular formula is C16H22N2S. The SMILES string of the molecule is CC1(C)CCC(NC2=NC(c3ccccc3)CS2)C1. The van der Waals surface area contributed by atoms with Crippen LogP contribution in [0.4, 0.5) is 0 Å². The molecule has 1 saturated carbocycles. The summed E-state index contributed by atoms with van der Waals surface area (Å²) >= 11 is 1.87. The number of hydrogen-bond donors (Lipinski definition) is 1. The lowest BCUT2D eigenvalue weighted by Gasteiger charge is -2.18. The third kappa shape index (κ3) is 3.14. The zero-order valence-corrected chi connectivity index (χ0v) is 12.5. The van der Waals surface area contributed by atoms with Crippen LogP contribution in [0.5, 0.6) is 0 Å². The van der Waals surface area contributed by atoms with E-state index in [0.717, 1.165) is 10.9 Å². The van der Waals surface area contributed by atoms with Gasteiger partial charge in [0.15, 0.2) is 5.17 Å². The highest BCUT2D eigenvalue weighted by Crippen LogP contribution is 2.38. The second-order valence-electron chi connectivity index (χ2n) is 6.42. The van der Waals surface area contributed by atoms with E-state index in [9.17, 15) is 0 Å². The lowest BCUT2D eigenvalue weighted by Crippen LogP contribution is -2.30. The molecule has 1 aromatic rings. The minimum absolute atomic E-state index is 0.336. The van der Waals surface area contributed by atoms with E-state index >= 15 is 0 Å². The average Bonchev–Trinajstić information content (AvgIpc) is 2.98. The van der Waals surface area contributed by atoms with Gasteiger partial charge in [-0.2, -0.15) is 0 Å². The first-order valence-electron chi connectivity index (χ1n) is 7.14. The topological polar surface area (TPSA) is 24.4 Å². The Morgan fingerprint density at radius 1 is 1.26 bits per heavy atom. The molecule has 2 atom stereocenters. The predicted octanol–water partition coefficient (Wildman–Crippen LogP) is 4.00. The summed E-state index contributed by atoms with van der Waals surface area (Å²) in [6.07, 6.45) is 3.87. The van der Waals surface area contributed by atoms with Crippen molar-refractivity contribution in [2.24, 2.45) is 10.4 Å². The van der Waals surface area contributed by atoms with Crippen LogP contribution in [0.2, 0.25) is 0 Å². The molecular weight excluding hydrogens is 252 g/mol. The fourth-order valence-electron chi connectivity index (χ4n) is 3.03. The maximum Gasteiger partial charge on any atom is 0.157 e. The monoisotopic (exact) mass is 274 g/mol. The van der Waals surface area contributed by atoms with Crippen molar-refractivity contribution in [3.8, 4) is 0 Å². The quantitative estimate of drug-likeness (QED) is 0.881. The van der Waals surface area contributed by atoms with E-state index in [4.69, 9.17) is 4.99 Å². The highest BCUT2D eigenvalue weighted by atomic mass is 32.2. The largest absolute Gasteiger partial charge is 0.362 e. The van der Waals surface area contributed by atoms with E-state index < -0.39 is 0 Å². The normalized spacial score (nSPS) is 29.3. The van der Waals surface area contributed by atoms with E-state index in [1.54, 1.807) is 0 Å². The Morgan fingerprint density at radius 3 is 2.74 bits per heavy atom. The Kier molecular flexibility index (Phi) is 3.57. The van der Waals surface area contributed by atoms with Crippen LogP contribution < -0.4 is 5.32 Å². The highest BCUT2D eigenvalue weighted by molar-refractivity contribution is 8.14. The van der Waals surface area contributed by atoms with E-state index in [1.807, 2.05) is 11.8 Å². The molecule has 1 N–H and O–H groups in total. The van der Waals surface area contributed by atoms with E-state index in [-0.39, 0.29) is 0 Å². The summed E-state index contributed by atoms with van der Waals surface area (Å²) in [5, 5.41) is 4.80. The van der Waals surface area contributed by atoms with Crippen molar-refractivity contribution in [1.82, 2.24) is 5.32 Å². The Labute approximate surface area is 120 Å². The van der Waals surface area contributed by atoms with Crippen LogP contribution in [-0.4, -0.2) is 17.0 Å². The van der Waals surface area contributed by atoms with Crippen LogP contribution in [0, 0.1) is 5.41 Å². The first-order chi connectivity index (χ1) is 9.12. The first kappa shape index (κ1) is 13.0. The van der Waals surface area contributed by atoms with Crippen LogP contribution in [0.25, 0.3) is 0 Å². The van der Waals surface area contributed by atoms with Gasteiger partial charge in [0.25, 0.3) is 0 Å². The standard InChI is InChI=1S/C16H22N2S/c1-16(2)9-8-13(10-16)17-15-18-14(11-19-15)12-6-4-3-5-7-12/h3-7,13-14H,8-11H2,1-2H3,(H,17,18). The van der Waals surface area contributed by atoms with E-state index in [2.05, 4.69) is 49.5 Å². The smallest absolute Gasteiger partial charge is 0.157 e. The molecule has 2 aliphatic rings. The lowest BCUT2D eigenvalue weighted by atomic mass is 9.92. The molecule has 1 fully saturated rings. The molecule has 0 spiro atoms.